The molecule has 1 amide bonds. The van der Waals surface area contributed by atoms with Gasteiger partial charge >= 0.3 is 0 Å². The summed E-state index contributed by atoms with van der Waals surface area (Å²) in [4.78, 5) is 23.8. The molecule has 0 unspecified atom stereocenters. The first-order valence-electron chi connectivity index (χ1n) is 5.12. The van der Waals surface area contributed by atoms with Crippen LogP contribution in [0, 0.1) is 0 Å². The van der Waals surface area contributed by atoms with E-state index in [0.717, 1.165) is 5.69 Å². The molecule has 0 radical (unpaired) electrons. The van der Waals surface area contributed by atoms with E-state index in [-0.39, 0.29) is 5.91 Å². The lowest BCUT2D eigenvalue weighted by Gasteiger charge is -2.04. The van der Waals surface area contributed by atoms with Gasteiger partial charge in [0.15, 0.2) is 5.82 Å². The van der Waals surface area contributed by atoms with Gasteiger partial charge in [-0.2, -0.15) is 0 Å². The zero-order chi connectivity index (χ0) is 13.0. The maximum absolute atomic E-state index is 11.8. The number of halogens is 1. The second-order valence-corrected chi connectivity index (χ2v) is 4.17. The van der Waals surface area contributed by atoms with Crippen LogP contribution >= 0.6 is 15.9 Å². The maximum Gasteiger partial charge on any atom is 0.275 e. The van der Waals surface area contributed by atoms with E-state index < -0.39 is 0 Å². The first-order valence-corrected chi connectivity index (χ1v) is 5.91. The molecule has 2 aromatic rings. The highest BCUT2D eigenvalue weighted by atomic mass is 79.9. The number of carbonyl (C=O) groups excluding carboxylic acids is 1. The number of carbonyl (C=O) groups is 1. The average Bonchev–Trinajstić information content (AvgIpc) is 2.41. The highest BCUT2D eigenvalue weighted by Crippen LogP contribution is 2.09. The van der Waals surface area contributed by atoms with Crippen molar-refractivity contribution in [2.75, 3.05) is 17.7 Å². The Hall–Kier alpha value is -2.02. The van der Waals surface area contributed by atoms with Crippen molar-refractivity contribution in [3.8, 4) is 0 Å². The molecular weight excluding hydrogens is 298 g/mol. The molecule has 92 valence electrons. The van der Waals surface area contributed by atoms with Gasteiger partial charge in [-0.25, -0.2) is 15.0 Å². The second-order valence-electron chi connectivity index (χ2n) is 3.36. The van der Waals surface area contributed by atoms with Crippen molar-refractivity contribution in [2.24, 2.45) is 0 Å². The highest BCUT2D eigenvalue weighted by molar-refractivity contribution is 9.10. The molecule has 0 aliphatic rings. The largest absolute Gasteiger partial charge is 0.387 e. The quantitative estimate of drug-likeness (QED) is 0.905. The van der Waals surface area contributed by atoms with Gasteiger partial charge in [-0.05, 0) is 28.1 Å². The Labute approximate surface area is 112 Å². The molecule has 18 heavy (non-hydrogen) atoms. The van der Waals surface area contributed by atoms with E-state index in [4.69, 9.17) is 0 Å². The summed E-state index contributed by atoms with van der Waals surface area (Å²) < 4.78 is 0.608. The summed E-state index contributed by atoms with van der Waals surface area (Å²) in [6.07, 6.45) is 4.55. The lowest BCUT2D eigenvalue weighted by molar-refractivity contribution is 0.102. The number of anilines is 2. The minimum absolute atomic E-state index is 0.318. The van der Waals surface area contributed by atoms with Crippen LogP contribution in [0.25, 0.3) is 0 Å². The lowest BCUT2D eigenvalue weighted by atomic mass is 10.3. The number of amides is 1. The minimum atomic E-state index is -0.325. The predicted octanol–water partition coefficient (Wildman–Crippen LogP) is 1.93. The molecular formula is C11H10BrN5O. The molecule has 0 bridgehead atoms. The molecule has 6 nitrogen and oxygen atoms in total. The van der Waals surface area contributed by atoms with Gasteiger partial charge in [0.25, 0.3) is 5.91 Å². The molecule has 2 N–H and O–H groups in total. The Morgan fingerprint density at radius 3 is 2.56 bits per heavy atom. The zero-order valence-corrected chi connectivity index (χ0v) is 11.1. The fourth-order valence-electron chi connectivity index (χ4n) is 1.23. The molecule has 2 heterocycles. The van der Waals surface area contributed by atoms with Gasteiger partial charge in [0.2, 0.25) is 0 Å². The van der Waals surface area contributed by atoms with E-state index >= 15 is 0 Å². The van der Waals surface area contributed by atoms with Gasteiger partial charge in [0.05, 0.1) is 24.3 Å². The number of rotatable bonds is 3. The van der Waals surface area contributed by atoms with Gasteiger partial charge in [-0.1, -0.05) is 0 Å². The first-order chi connectivity index (χ1) is 8.69. The number of aromatic nitrogens is 3. The SMILES string of the molecule is CNc1ccc(C(=O)Nc2cnc(Br)cn2)nc1. The monoisotopic (exact) mass is 307 g/mol. The molecule has 0 aromatic carbocycles. The number of nitrogens with zero attached hydrogens (tertiary/aromatic N) is 3. The van der Waals surface area contributed by atoms with Gasteiger partial charge in [0, 0.05) is 7.05 Å². The van der Waals surface area contributed by atoms with Gasteiger partial charge in [-0.3, -0.25) is 4.79 Å². The normalized spacial score (nSPS) is 9.89. The molecule has 2 rings (SSSR count). The van der Waals surface area contributed by atoms with E-state index in [9.17, 15) is 4.79 Å². The number of hydrogen-bond donors (Lipinski definition) is 2. The summed E-state index contributed by atoms with van der Waals surface area (Å²) in [5.74, 6) is 0.0527. The van der Waals surface area contributed by atoms with Crippen LogP contribution in [0.3, 0.4) is 0 Å². The van der Waals surface area contributed by atoms with E-state index in [1.807, 2.05) is 0 Å². The topological polar surface area (TPSA) is 79.8 Å². The molecule has 0 aliphatic heterocycles. The van der Waals surface area contributed by atoms with E-state index in [0.29, 0.717) is 16.1 Å². The second kappa shape index (κ2) is 5.54. The molecule has 2 aromatic heterocycles. The van der Waals surface area contributed by atoms with E-state index in [2.05, 4.69) is 41.5 Å². The molecule has 0 fully saturated rings. The van der Waals surface area contributed by atoms with Crippen LogP contribution in [0.1, 0.15) is 10.5 Å². The van der Waals surface area contributed by atoms with Crippen LogP contribution < -0.4 is 10.6 Å². The Morgan fingerprint density at radius 2 is 2.00 bits per heavy atom. The lowest BCUT2D eigenvalue weighted by Crippen LogP contribution is -2.14. The smallest absolute Gasteiger partial charge is 0.275 e. The number of pyridine rings is 1. The molecule has 0 spiro atoms. The first kappa shape index (κ1) is 12.4. The van der Waals surface area contributed by atoms with Gasteiger partial charge in [-0.15, -0.1) is 0 Å². The summed E-state index contributed by atoms with van der Waals surface area (Å²) in [6.45, 7) is 0. The van der Waals surface area contributed by atoms with Crippen molar-refractivity contribution in [3.63, 3.8) is 0 Å². The fourth-order valence-corrected chi connectivity index (χ4v) is 1.44. The van der Waals surface area contributed by atoms with Gasteiger partial charge < -0.3 is 10.6 Å². The average molecular weight is 308 g/mol. The van der Waals surface area contributed by atoms with Crippen molar-refractivity contribution in [1.29, 1.82) is 0 Å². The van der Waals surface area contributed by atoms with E-state index in [1.165, 1.54) is 12.4 Å². The number of nitrogens with one attached hydrogen (secondary N) is 2. The summed E-state index contributed by atoms with van der Waals surface area (Å²) in [7, 11) is 1.79. The van der Waals surface area contributed by atoms with Crippen LogP contribution in [0.4, 0.5) is 11.5 Å². The van der Waals surface area contributed by atoms with E-state index in [1.54, 1.807) is 25.4 Å². The summed E-state index contributed by atoms with van der Waals surface area (Å²) in [5, 5.41) is 5.53. The molecule has 0 saturated heterocycles. The fraction of sp³-hybridized carbons (Fsp3) is 0.0909. The van der Waals surface area contributed by atoms with Crippen molar-refractivity contribution in [3.05, 3.63) is 41.0 Å². The third-order valence-corrected chi connectivity index (χ3v) is 2.56. The zero-order valence-electron chi connectivity index (χ0n) is 9.51. The van der Waals surface area contributed by atoms with Crippen LogP contribution in [-0.2, 0) is 0 Å². The standard InChI is InChI=1S/C11H10BrN5O/c1-13-7-2-3-8(14-4-7)11(18)17-10-6-15-9(12)5-16-10/h2-6,13H,1H3,(H,16,17,18). The summed E-state index contributed by atoms with van der Waals surface area (Å²) >= 11 is 3.17. The Balaban J connectivity index is 2.09. The Morgan fingerprint density at radius 1 is 1.17 bits per heavy atom. The minimum Gasteiger partial charge on any atom is -0.387 e. The predicted molar refractivity (Wildman–Crippen MR) is 71.5 cm³/mol. The van der Waals surface area contributed by atoms with Crippen LogP contribution in [0.5, 0.6) is 0 Å². The van der Waals surface area contributed by atoms with Crippen molar-refractivity contribution in [2.45, 2.75) is 0 Å². The summed E-state index contributed by atoms with van der Waals surface area (Å²) in [5.41, 5.74) is 1.16. The third-order valence-electron chi connectivity index (χ3n) is 2.15. The van der Waals surface area contributed by atoms with Crippen molar-refractivity contribution >= 4 is 33.3 Å². The maximum atomic E-state index is 11.8. The number of hydrogen-bond acceptors (Lipinski definition) is 5. The Kier molecular flexibility index (Phi) is 3.83. The molecule has 0 atom stereocenters. The van der Waals surface area contributed by atoms with Crippen LogP contribution in [0.15, 0.2) is 35.3 Å². The van der Waals surface area contributed by atoms with Gasteiger partial charge in [0.1, 0.15) is 10.3 Å². The molecule has 7 heteroatoms. The van der Waals surface area contributed by atoms with Crippen LogP contribution in [0.2, 0.25) is 0 Å². The highest BCUT2D eigenvalue weighted by Gasteiger charge is 2.08. The molecule has 0 aliphatic carbocycles. The van der Waals surface area contributed by atoms with Crippen molar-refractivity contribution in [1.82, 2.24) is 15.0 Å². The Bertz CT molecular complexity index is 540. The van der Waals surface area contributed by atoms with Crippen LogP contribution in [-0.4, -0.2) is 27.9 Å². The van der Waals surface area contributed by atoms with Crippen molar-refractivity contribution < 1.29 is 4.79 Å². The molecule has 0 saturated carbocycles. The third kappa shape index (κ3) is 3.01. The summed E-state index contributed by atoms with van der Waals surface area (Å²) in [6, 6.07) is 3.41.